The highest BCUT2D eigenvalue weighted by molar-refractivity contribution is 6.22. The molecule has 0 amide bonds. The van der Waals surface area contributed by atoms with Crippen LogP contribution < -0.4 is 14.2 Å². The van der Waals surface area contributed by atoms with Crippen molar-refractivity contribution in [2.24, 2.45) is 0 Å². The number of fused-ring (bicyclic) bond motifs is 6. The molecule has 0 aliphatic carbocycles. The number of imidazole rings is 3. The largest absolute Gasteiger partial charge is 0.423 e. The summed E-state index contributed by atoms with van der Waals surface area (Å²) < 4.78 is 118. The first-order chi connectivity index (χ1) is 37.6. The zero-order chi connectivity index (χ0) is 55.3. The van der Waals surface area contributed by atoms with Gasteiger partial charge in [-0.15, -0.1) is 0 Å². The molecule has 0 radical (unpaired) electrons. The third-order valence-corrected chi connectivity index (χ3v) is 12.0. The molecule has 0 N–H and O–H groups in total. The Morgan fingerprint density at radius 3 is 0.872 bits per heavy atom. The maximum atomic E-state index is 16.7. The molecule has 0 saturated carbocycles. The molecule has 78 heavy (non-hydrogen) atoms. The molecule has 3 heterocycles. The van der Waals surface area contributed by atoms with E-state index < -0.39 is 104 Å². The van der Waals surface area contributed by atoms with Gasteiger partial charge in [0.05, 0.1) is 33.4 Å². The Morgan fingerprint density at radius 2 is 0.654 bits per heavy atom. The predicted molar refractivity (Wildman–Crippen MR) is 268 cm³/mol. The molecular formula is C57H27F6N9O6. The Morgan fingerprint density at radius 1 is 0.410 bits per heavy atom. The van der Waals surface area contributed by atoms with E-state index in [0.29, 0.717) is 36.4 Å². The van der Waals surface area contributed by atoms with Crippen molar-refractivity contribution in [2.75, 3.05) is 0 Å². The van der Waals surface area contributed by atoms with Crippen molar-refractivity contribution in [2.45, 2.75) is 0 Å². The fraction of sp³-hybridized carbons (Fsp3) is 0. The first kappa shape index (κ1) is 50.2. The van der Waals surface area contributed by atoms with Gasteiger partial charge < -0.3 is 14.2 Å². The Labute approximate surface area is 434 Å². The van der Waals surface area contributed by atoms with Crippen LogP contribution in [-0.4, -0.2) is 46.6 Å². The van der Waals surface area contributed by atoms with Crippen molar-refractivity contribution in [1.29, 1.82) is 15.8 Å². The SMILES string of the molecule is C=CC(=O)Oc1ccc(-n2c(-c3cc(F)c(C#N)cc3F)nc3c2c2nc(-c4cc(F)c(C#N)cc4F)n(-c4ccc(OC(=O)C=C)cc4)c2c2nc(-c4cc(F)c(C#N)cc4F)n(-c4ccc(OC(=O)C=C)cc4)c32)cc1. The highest BCUT2D eigenvalue weighted by Gasteiger charge is 2.33. The van der Waals surface area contributed by atoms with Crippen LogP contribution in [0.4, 0.5) is 26.3 Å². The van der Waals surface area contributed by atoms with Gasteiger partial charge >= 0.3 is 17.9 Å². The molecule has 0 unspecified atom stereocenters. The first-order valence-electron chi connectivity index (χ1n) is 22.5. The first-order valence-corrected chi connectivity index (χ1v) is 22.5. The zero-order valence-electron chi connectivity index (χ0n) is 39.5. The van der Waals surface area contributed by atoms with Gasteiger partial charge in [-0.25, -0.2) is 55.7 Å². The third kappa shape index (κ3) is 8.58. The molecule has 0 aliphatic rings. The minimum Gasteiger partial charge on any atom is -0.423 e. The number of nitrogens with zero attached hydrogens (tertiary/aromatic N) is 9. The summed E-state index contributed by atoms with van der Waals surface area (Å²) in [5, 5.41) is 29.1. The number of halogens is 6. The van der Waals surface area contributed by atoms with Gasteiger partial charge in [0.2, 0.25) is 0 Å². The summed E-state index contributed by atoms with van der Waals surface area (Å²) in [5.74, 6) is -10.8. The second-order valence-electron chi connectivity index (χ2n) is 16.5. The fourth-order valence-corrected chi connectivity index (χ4v) is 8.58. The van der Waals surface area contributed by atoms with Crippen molar-refractivity contribution in [3.63, 3.8) is 0 Å². The molecule has 15 nitrogen and oxygen atoms in total. The molecule has 10 rings (SSSR count). The standard InChI is InChI=1S/C57H27F6N9O6/c1-4-46(73)76-34-13-7-31(8-14-34)70-52-49(67-55(70)37-22-40(58)28(25-64)19-43(37)61)53-51(69-57(39-24-42(60)30(27-66)21-45(39)63)71(53)32-9-15-35(16-10-32)77-47(74)5-2)54-50(52)68-56(38-23-41(59)29(26-65)20-44(38)62)72(54)33-11-17-36(18-12-33)78-48(75)6-3/h4-24H,1-3H2. The average Bonchev–Trinajstić information content (AvgIpc) is 3.98. The molecule has 0 atom stereocenters. The Kier molecular flexibility index (Phi) is 12.7. The van der Waals surface area contributed by atoms with Crippen molar-refractivity contribution in [1.82, 2.24) is 28.7 Å². The number of nitriles is 3. The summed E-state index contributed by atoms with van der Waals surface area (Å²) in [4.78, 5) is 51.7. The van der Waals surface area contributed by atoms with Gasteiger partial charge in [-0.1, -0.05) is 19.7 Å². The summed E-state index contributed by atoms with van der Waals surface area (Å²) >= 11 is 0. The second kappa shape index (κ2) is 19.8. The van der Waals surface area contributed by atoms with E-state index in [1.807, 2.05) is 0 Å². The number of carbonyl (C=O) groups excluding carboxylic acids is 3. The van der Waals surface area contributed by atoms with Crippen molar-refractivity contribution in [3.05, 3.63) is 199 Å². The van der Waals surface area contributed by atoms with Gasteiger partial charge in [0, 0.05) is 35.3 Å². The molecule has 0 saturated heterocycles. The summed E-state index contributed by atoms with van der Waals surface area (Å²) in [6, 6.07) is 25.1. The van der Waals surface area contributed by atoms with Crippen molar-refractivity contribution < 1.29 is 54.9 Å². The summed E-state index contributed by atoms with van der Waals surface area (Å²) in [5.41, 5.74) is -4.60. The lowest BCUT2D eigenvalue weighted by Gasteiger charge is -2.14. The summed E-state index contributed by atoms with van der Waals surface area (Å²) in [6.07, 6.45) is 2.73. The van der Waals surface area contributed by atoms with E-state index in [0.717, 1.165) is 18.2 Å². The average molecular weight is 1050 g/mol. The Bertz CT molecular complexity index is 3940. The van der Waals surface area contributed by atoms with Gasteiger partial charge in [0.25, 0.3) is 0 Å². The molecule has 0 bridgehead atoms. The minimum atomic E-state index is -1.18. The second-order valence-corrected chi connectivity index (χ2v) is 16.5. The molecule has 0 aliphatic heterocycles. The van der Waals surface area contributed by atoms with Crippen LogP contribution in [0.1, 0.15) is 16.7 Å². The minimum absolute atomic E-state index is 0.00790. The molecule has 7 aromatic carbocycles. The monoisotopic (exact) mass is 1050 g/mol. The quantitative estimate of drug-likeness (QED) is 0.0485. The molecule has 378 valence electrons. The number of hydrogen-bond donors (Lipinski definition) is 0. The van der Waals surface area contributed by atoms with Gasteiger partial charge in [-0.2, -0.15) is 15.8 Å². The van der Waals surface area contributed by atoms with Crippen LogP contribution in [0, 0.1) is 68.9 Å². The maximum absolute atomic E-state index is 16.7. The van der Waals surface area contributed by atoms with Crippen LogP contribution in [0.15, 0.2) is 147 Å². The van der Waals surface area contributed by atoms with E-state index in [1.165, 1.54) is 86.5 Å². The van der Waals surface area contributed by atoms with Crippen LogP contribution in [0.3, 0.4) is 0 Å². The molecular weight excluding hydrogens is 1020 g/mol. The van der Waals surface area contributed by atoms with Crippen molar-refractivity contribution in [3.8, 4) is 86.7 Å². The van der Waals surface area contributed by atoms with Crippen LogP contribution in [-0.2, 0) is 14.4 Å². The van der Waals surface area contributed by atoms with Gasteiger partial charge in [0.1, 0.15) is 121 Å². The van der Waals surface area contributed by atoms with Crippen LogP contribution in [0.25, 0.3) is 84.3 Å². The van der Waals surface area contributed by atoms with Crippen LogP contribution in [0.5, 0.6) is 17.2 Å². The Balaban J connectivity index is 1.48. The third-order valence-electron chi connectivity index (χ3n) is 12.0. The topological polar surface area (TPSA) is 204 Å². The summed E-state index contributed by atoms with van der Waals surface area (Å²) in [6.45, 7) is 10.2. The molecule has 0 spiro atoms. The van der Waals surface area contributed by atoms with Crippen LogP contribution in [0.2, 0.25) is 0 Å². The predicted octanol–water partition coefficient (Wildman–Crippen LogP) is 11.4. The van der Waals surface area contributed by atoms with E-state index in [9.17, 15) is 30.2 Å². The normalized spacial score (nSPS) is 11.0. The van der Waals surface area contributed by atoms with Crippen molar-refractivity contribution >= 4 is 51.0 Å². The van der Waals surface area contributed by atoms with E-state index in [1.54, 1.807) is 18.2 Å². The number of esters is 3. The molecule has 10 aromatic rings. The highest BCUT2D eigenvalue weighted by Crippen LogP contribution is 2.46. The number of rotatable bonds is 12. The number of aromatic nitrogens is 6. The lowest BCUT2D eigenvalue weighted by Crippen LogP contribution is -2.04. The smallest absolute Gasteiger partial charge is 0.335 e. The number of ether oxygens (including phenoxy) is 3. The lowest BCUT2D eigenvalue weighted by atomic mass is 10.1. The molecule has 0 fully saturated rings. The molecule has 3 aromatic heterocycles. The van der Waals surface area contributed by atoms with Crippen LogP contribution >= 0.6 is 0 Å². The van der Waals surface area contributed by atoms with E-state index in [2.05, 4.69) is 19.7 Å². The van der Waals surface area contributed by atoms with E-state index in [-0.39, 0.29) is 67.4 Å². The van der Waals surface area contributed by atoms with Gasteiger partial charge in [-0.3, -0.25) is 13.7 Å². The van der Waals surface area contributed by atoms with Gasteiger partial charge in [0.15, 0.2) is 0 Å². The summed E-state index contributed by atoms with van der Waals surface area (Å²) in [7, 11) is 0. The molecule has 21 heteroatoms. The zero-order valence-corrected chi connectivity index (χ0v) is 39.5. The van der Waals surface area contributed by atoms with E-state index >= 15 is 26.3 Å². The maximum Gasteiger partial charge on any atom is 0.335 e. The van der Waals surface area contributed by atoms with Gasteiger partial charge in [-0.05, 0) is 109 Å². The number of benzene rings is 7. The van der Waals surface area contributed by atoms with E-state index in [4.69, 9.17) is 29.2 Å². The Hall–Kier alpha value is -11.4. The number of carbonyl (C=O) groups is 3. The lowest BCUT2D eigenvalue weighted by molar-refractivity contribution is -0.129. The highest BCUT2D eigenvalue weighted by atomic mass is 19.1. The fourth-order valence-electron chi connectivity index (χ4n) is 8.58. The number of hydrogen-bond acceptors (Lipinski definition) is 12.